The Balaban J connectivity index is 2.10. The molecule has 4 nitrogen and oxygen atoms in total. The zero-order valence-corrected chi connectivity index (χ0v) is 12.5. The van der Waals surface area contributed by atoms with Crippen molar-refractivity contribution in [3.63, 3.8) is 0 Å². The molecule has 21 heavy (non-hydrogen) atoms. The molecular weight excluding hydrogens is 264 g/mol. The summed E-state index contributed by atoms with van der Waals surface area (Å²) in [6.07, 6.45) is 3.46. The molecule has 1 aromatic carbocycles. The Bertz CT molecular complexity index is 693. The first kappa shape index (κ1) is 14.9. The topological polar surface area (TPSA) is 50.0 Å². The van der Waals surface area contributed by atoms with Gasteiger partial charge in [-0.2, -0.15) is 4.57 Å². The summed E-state index contributed by atoms with van der Waals surface area (Å²) in [5, 5.41) is 2.90. The minimum absolute atomic E-state index is 0.0145. The van der Waals surface area contributed by atoms with Crippen molar-refractivity contribution in [2.45, 2.75) is 27.3 Å². The lowest BCUT2D eigenvalue weighted by Crippen LogP contribution is -2.40. The van der Waals surface area contributed by atoms with Crippen LogP contribution in [0.2, 0.25) is 0 Å². The van der Waals surface area contributed by atoms with Gasteiger partial charge in [-0.05, 0) is 44.0 Å². The third-order valence-corrected chi connectivity index (χ3v) is 3.26. The molecule has 0 bridgehead atoms. The van der Waals surface area contributed by atoms with Crippen LogP contribution in [0.25, 0.3) is 0 Å². The smallest absolute Gasteiger partial charge is 0.290 e. The molecule has 2 rings (SSSR count). The van der Waals surface area contributed by atoms with Crippen LogP contribution < -0.4 is 9.88 Å². The highest BCUT2D eigenvalue weighted by Gasteiger charge is 2.12. The van der Waals surface area contributed by atoms with Gasteiger partial charge in [0, 0.05) is 11.8 Å². The summed E-state index contributed by atoms with van der Waals surface area (Å²) in [5.74, 6) is -0.131. The van der Waals surface area contributed by atoms with Crippen LogP contribution in [-0.4, -0.2) is 11.7 Å². The minimum Gasteiger partial charge on any atom is -0.320 e. The molecule has 108 valence electrons. The van der Waals surface area contributed by atoms with Gasteiger partial charge in [0.15, 0.2) is 18.2 Å². The van der Waals surface area contributed by atoms with E-state index in [1.165, 1.54) is 6.92 Å². The molecule has 1 amide bonds. The Morgan fingerprint density at radius 2 is 1.95 bits per heavy atom. The summed E-state index contributed by atoms with van der Waals surface area (Å²) in [7, 11) is 0. The van der Waals surface area contributed by atoms with E-state index in [1.54, 1.807) is 29.1 Å². The third kappa shape index (κ3) is 3.99. The van der Waals surface area contributed by atoms with Gasteiger partial charge in [0.1, 0.15) is 0 Å². The van der Waals surface area contributed by atoms with E-state index in [1.807, 2.05) is 32.0 Å². The minimum atomic E-state index is -0.116. The lowest BCUT2D eigenvalue weighted by atomic mass is 10.1. The molecule has 1 N–H and O–H groups in total. The number of Topliss-reactive ketones (excluding diaryl/α,β-unsaturated/α-hetero) is 1. The number of ketones is 1. The van der Waals surface area contributed by atoms with Crippen molar-refractivity contribution in [2.24, 2.45) is 0 Å². The summed E-state index contributed by atoms with van der Waals surface area (Å²) >= 11 is 0. The van der Waals surface area contributed by atoms with Gasteiger partial charge in [-0.1, -0.05) is 12.1 Å². The van der Waals surface area contributed by atoms with Crippen LogP contribution in [0.5, 0.6) is 0 Å². The molecule has 2 aromatic rings. The van der Waals surface area contributed by atoms with Crippen LogP contribution >= 0.6 is 0 Å². The van der Waals surface area contributed by atoms with Crippen LogP contribution in [0, 0.1) is 13.8 Å². The molecule has 0 atom stereocenters. The normalized spacial score (nSPS) is 10.2. The molecular formula is C17H19N2O2+. The largest absolute Gasteiger partial charge is 0.320 e. The molecule has 0 unspecified atom stereocenters. The molecule has 0 spiro atoms. The first-order valence-corrected chi connectivity index (χ1v) is 6.83. The maximum atomic E-state index is 12.1. The molecule has 1 heterocycles. The van der Waals surface area contributed by atoms with E-state index in [-0.39, 0.29) is 18.2 Å². The fourth-order valence-electron chi connectivity index (χ4n) is 2.05. The van der Waals surface area contributed by atoms with Crippen molar-refractivity contribution in [2.75, 3.05) is 5.32 Å². The second kappa shape index (κ2) is 6.31. The Kier molecular flexibility index (Phi) is 4.48. The molecule has 0 saturated heterocycles. The number of amides is 1. The molecule has 4 heteroatoms. The first-order valence-electron chi connectivity index (χ1n) is 6.83. The van der Waals surface area contributed by atoms with Gasteiger partial charge in [-0.15, -0.1) is 0 Å². The number of hydrogen-bond acceptors (Lipinski definition) is 2. The number of nitrogens with one attached hydrogen (secondary N) is 1. The third-order valence-electron chi connectivity index (χ3n) is 3.26. The van der Waals surface area contributed by atoms with Crippen molar-refractivity contribution in [1.82, 2.24) is 0 Å². The average Bonchev–Trinajstić information content (AvgIpc) is 2.43. The van der Waals surface area contributed by atoms with Crippen LogP contribution in [0.1, 0.15) is 28.4 Å². The Hall–Kier alpha value is -2.49. The van der Waals surface area contributed by atoms with Gasteiger partial charge in [-0.25, -0.2) is 0 Å². The number of rotatable bonds is 4. The SMILES string of the molecule is CC(=O)c1ccc[n+](CC(=O)Nc2cc(C)ccc2C)c1. The number of carbonyl (C=O) groups excluding carboxylic acids is 2. The Labute approximate surface area is 124 Å². The monoisotopic (exact) mass is 283 g/mol. The summed E-state index contributed by atoms with van der Waals surface area (Å²) < 4.78 is 1.71. The summed E-state index contributed by atoms with van der Waals surface area (Å²) in [5.41, 5.74) is 3.54. The lowest BCUT2D eigenvalue weighted by Gasteiger charge is -2.08. The van der Waals surface area contributed by atoms with E-state index in [9.17, 15) is 9.59 Å². The van der Waals surface area contributed by atoms with Crippen molar-refractivity contribution in [1.29, 1.82) is 0 Å². The summed E-state index contributed by atoms with van der Waals surface area (Å²) in [6, 6.07) is 9.44. The predicted molar refractivity (Wildman–Crippen MR) is 81.2 cm³/mol. The van der Waals surface area contributed by atoms with Gasteiger partial charge >= 0.3 is 0 Å². The van der Waals surface area contributed by atoms with Crippen molar-refractivity contribution < 1.29 is 14.2 Å². The van der Waals surface area contributed by atoms with Gasteiger partial charge in [0.05, 0.1) is 5.56 Å². The summed E-state index contributed by atoms with van der Waals surface area (Å²) in [6.45, 7) is 5.63. The number of pyridine rings is 1. The van der Waals surface area contributed by atoms with Crippen molar-refractivity contribution in [3.05, 3.63) is 59.4 Å². The number of carbonyl (C=O) groups is 2. The molecule has 0 aliphatic carbocycles. The highest BCUT2D eigenvalue weighted by atomic mass is 16.2. The Morgan fingerprint density at radius 3 is 2.67 bits per heavy atom. The Morgan fingerprint density at radius 1 is 1.19 bits per heavy atom. The van der Waals surface area contributed by atoms with Gasteiger partial charge < -0.3 is 5.32 Å². The van der Waals surface area contributed by atoms with E-state index in [2.05, 4.69) is 5.32 Å². The van der Waals surface area contributed by atoms with Crippen LogP contribution in [0.15, 0.2) is 42.7 Å². The predicted octanol–water partition coefficient (Wildman–Crippen LogP) is 2.43. The standard InChI is InChI=1S/C17H18N2O2/c1-12-6-7-13(2)16(9-12)18-17(21)11-19-8-4-5-15(10-19)14(3)20/h4-10H,11H2,1-3H3/p+1. The van der Waals surface area contributed by atoms with E-state index >= 15 is 0 Å². The zero-order valence-electron chi connectivity index (χ0n) is 12.5. The van der Waals surface area contributed by atoms with E-state index in [4.69, 9.17) is 0 Å². The van der Waals surface area contributed by atoms with Gasteiger partial charge in [0.2, 0.25) is 6.54 Å². The number of anilines is 1. The van der Waals surface area contributed by atoms with Crippen LogP contribution in [0.4, 0.5) is 5.69 Å². The summed E-state index contributed by atoms with van der Waals surface area (Å²) in [4.78, 5) is 23.5. The fraction of sp³-hybridized carbons (Fsp3) is 0.235. The molecule has 1 aromatic heterocycles. The highest BCUT2D eigenvalue weighted by molar-refractivity contribution is 5.93. The molecule has 0 saturated carbocycles. The second-order valence-corrected chi connectivity index (χ2v) is 5.19. The van der Waals surface area contributed by atoms with Crippen molar-refractivity contribution in [3.8, 4) is 0 Å². The molecule has 0 fully saturated rings. The number of benzene rings is 1. The molecule has 0 aliphatic rings. The number of hydrogen-bond donors (Lipinski definition) is 1. The van der Waals surface area contributed by atoms with Crippen LogP contribution in [-0.2, 0) is 11.3 Å². The van der Waals surface area contributed by atoms with Gasteiger partial charge in [0.25, 0.3) is 5.91 Å². The highest BCUT2D eigenvalue weighted by Crippen LogP contribution is 2.16. The molecule has 0 radical (unpaired) electrons. The molecule has 0 aliphatic heterocycles. The quantitative estimate of drug-likeness (QED) is 0.692. The van der Waals surface area contributed by atoms with Crippen LogP contribution in [0.3, 0.4) is 0 Å². The number of nitrogens with zero attached hydrogens (tertiary/aromatic N) is 1. The average molecular weight is 283 g/mol. The van der Waals surface area contributed by atoms with E-state index < -0.39 is 0 Å². The van der Waals surface area contributed by atoms with E-state index in [0.29, 0.717) is 5.56 Å². The maximum Gasteiger partial charge on any atom is 0.290 e. The fourth-order valence-corrected chi connectivity index (χ4v) is 2.05. The second-order valence-electron chi connectivity index (χ2n) is 5.19. The number of aromatic nitrogens is 1. The van der Waals surface area contributed by atoms with Crippen molar-refractivity contribution >= 4 is 17.4 Å². The number of aryl methyl sites for hydroxylation is 2. The van der Waals surface area contributed by atoms with E-state index in [0.717, 1.165) is 16.8 Å². The first-order chi connectivity index (χ1) is 9.95. The maximum absolute atomic E-state index is 12.1. The van der Waals surface area contributed by atoms with Gasteiger partial charge in [-0.3, -0.25) is 9.59 Å². The zero-order chi connectivity index (χ0) is 15.4. The lowest BCUT2D eigenvalue weighted by molar-refractivity contribution is -0.684.